The first-order chi connectivity index (χ1) is 44.6. The zero-order valence-electron chi connectivity index (χ0n) is 48.9. The van der Waals surface area contributed by atoms with Gasteiger partial charge in [0.25, 0.3) is 0 Å². The average Bonchev–Trinajstić information content (AvgIpc) is 1.10. The molecule has 420 valence electrons. The molecular formula is C86H54N2O2. The van der Waals surface area contributed by atoms with Gasteiger partial charge < -0.3 is 18.6 Å². The summed E-state index contributed by atoms with van der Waals surface area (Å²) in [6, 6.07) is 119. The van der Waals surface area contributed by atoms with E-state index < -0.39 is 0 Å². The first-order valence-corrected chi connectivity index (χ1v) is 30.8. The summed E-state index contributed by atoms with van der Waals surface area (Å²) in [5.74, 6) is 0. The standard InChI is InChI=1S/C86H54N2O2/c1-3-27-65-55(19-1)21-15-35-67(65)57-43-47-61(48-44-57)87(63-25-13-23-59(51-63)69-37-17-39-77-75-33-9-11-41-83(75)89-85(69)77)81-53-79-72-30-6-8-32-74(72)82(54-80(79)71-29-5-7-31-73(71)81)88(62-49-45-58(46-50-62)68-36-16-22-56-20-2-4-28-66(56)68)64-26-14-24-60(52-64)70-38-18-40-78-76-34-10-12-42-84(76)90-86(70)78/h1-54H. The predicted octanol–water partition coefficient (Wildman–Crippen LogP) is 24.9. The Morgan fingerprint density at radius 2 is 0.522 bits per heavy atom. The van der Waals surface area contributed by atoms with Crippen LogP contribution < -0.4 is 9.80 Å². The van der Waals surface area contributed by atoms with Gasteiger partial charge >= 0.3 is 0 Å². The summed E-state index contributed by atoms with van der Waals surface area (Å²) in [7, 11) is 0. The zero-order chi connectivity index (χ0) is 59.2. The second-order valence-corrected chi connectivity index (χ2v) is 23.5. The molecule has 0 aliphatic heterocycles. The van der Waals surface area contributed by atoms with Crippen LogP contribution in [0.5, 0.6) is 0 Å². The zero-order valence-corrected chi connectivity index (χ0v) is 48.9. The fourth-order valence-electron chi connectivity index (χ4n) is 14.2. The van der Waals surface area contributed by atoms with E-state index in [1.807, 2.05) is 12.1 Å². The van der Waals surface area contributed by atoms with Gasteiger partial charge in [0.05, 0.1) is 11.4 Å². The van der Waals surface area contributed by atoms with Crippen LogP contribution >= 0.6 is 0 Å². The lowest BCUT2D eigenvalue weighted by Gasteiger charge is -2.30. The molecule has 2 aromatic heterocycles. The van der Waals surface area contributed by atoms with Crippen LogP contribution in [-0.2, 0) is 0 Å². The number of furan rings is 2. The van der Waals surface area contributed by atoms with Crippen LogP contribution in [0.2, 0.25) is 0 Å². The SMILES string of the molecule is c1cc(-c2cccc3c2oc2ccccc23)cc(N(c2ccc(-c3cccc4ccccc34)cc2)c2cc3c4ccccc4c(N(c4ccc(-c5cccc6ccccc56)cc4)c4cccc(-c5cccc6c5oc5ccccc56)c4)cc3c3ccccc23)c1. The third-order valence-corrected chi connectivity index (χ3v) is 18.4. The molecule has 0 saturated heterocycles. The largest absolute Gasteiger partial charge is 0.455 e. The van der Waals surface area contributed by atoms with Crippen molar-refractivity contribution in [2.24, 2.45) is 0 Å². The highest BCUT2D eigenvalue weighted by Crippen LogP contribution is 2.50. The second kappa shape index (κ2) is 20.9. The summed E-state index contributed by atoms with van der Waals surface area (Å²) in [5, 5.41) is 16.2. The van der Waals surface area contributed by atoms with E-state index in [4.69, 9.17) is 8.83 Å². The Labute approximate surface area is 519 Å². The molecule has 0 amide bonds. The van der Waals surface area contributed by atoms with Gasteiger partial charge in [0.1, 0.15) is 22.3 Å². The molecule has 0 spiro atoms. The first kappa shape index (κ1) is 51.3. The van der Waals surface area contributed by atoms with E-state index in [0.29, 0.717) is 0 Å². The minimum atomic E-state index is 0.880. The monoisotopic (exact) mass is 1150 g/mol. The fraction of sp³-hybridized carbons (Fsp3) is 0. The van der Waals surface area contributed by atoms with Crippen molar-refractivity contribution < 1.29 is 8.83 Å². The Bertz CT molecular complexity index is 5500. The minimum absolute atomic E-state index is 0.880. The molecule has 0 aliphatic rings. The van der Waals surface area contributed by atoms with Crippen LogP contribution in [0.15, 0.2) is 336 Å². The lowest BCUT2D eigenvalue weighted by atomic mass is 9.93. The molecule has 0 fully saturated rings. The molecule has 18 aromatic rings. The molecule has 0 atom stereocenters. The number of rotatable bonds is 10. The molecule has 0 unspecified atom stereocenters. The van der Waals surface area contributed by atoms with Gasteiger partial charge in [-0.3, -0.25) is 0 Å². The van der Waals surface area contributed by atoms with Crippen molar-refractivity contribution in [1.29, 1.82) is 0 Å². The normalized spacial score (nSPS) is 11.8. The van der Waals surface area contributed by atoms with E-state index in [1.54, 1.807) is 0 Å². The van der Waals surface area contributed by atoms with Gasteiger partial charge in [0, 0.05) is 66.2 Å². The van der Waals surface area contributed by atoms with Crippen molar-refractivity contribution in [3.63, 3.8) is 0 Å². The fourth-order valence-corrected chi connectivity index (χ4v) is 14.2. The number of hydrogen-bond donors (Lipinski definition) is 0. The molecule has 2 heterocycles. The molecule has 16 aromatic carbocycles. The second-order valence-electron chi connectivity index (χ2n) is 23.5. The molecule has 4 nitrogen and oxygen atoms in total. The molecular weight excluding hydrogens is 1090 g/mol. The number of hydrogen-bond acceptors (Lipinski definition) is 4. The van der Waals surface area contributed by atoms with Crippen molar-refractivity contribution in [2.45, 2.75) is 0 Å². The summed E-state index contributed by atoms with van der Waals surface area (Å²) >= 11 is 0. The first-order valence-electron chi connectivity index (χ1n) is 30.8. The van der Waals surface area contributed by atoms with Gasteiger partial charge in [-0.15, -0.1) is 0 Å². The number of fused-ring (bicyclic) bond motifs is 13. The van der Waals surface area contributed by atoms with Crippen molar-refractivity contribution in [2.75, 3.05) is 9.80 Å². The number of benzene rings is 16. The van der Waals surface area contributed by atoms with E-state index in [-0.39, 0.29) is 0 Å². The Morgan fingerprint density at radius 3 is 0.967 bits per heavy atom. The number of para-hydroxylation sites is 4. The van der Waals surface area contributed by atoms with Crippen molar-refractivity contribution in [1.82, 2.24) is 0 Å². The van der Waals surface area contributed by atoms with Crippen LogP contribution in [0, 0.1) is 0 Å². The third-order valence-electron chi connectivity index (χ3n) is 18.4. The highest BCUT2D eigenvalue weighted by molar-refractivity contribution is 6.25. The summed E-state index contributed by atoms with van der Waals surface area (Å²) in [4.78, 5) is 4.91. The van der Waals surface area contributed by atoms with Crippen LogP contribution in [0.1, 0.15) is 0 Å². The molecule has 0 saturated carbocycles. The van der Waals surface area contributed by atoms with Crippen LogP contribution in [0.25, 0.3) is 142 Å². The Morgan fingerprint density at radius 1 is 0.189 bits per heavy atom. The van der Waals surface area contributed by atoms with Crippen LogP contribution in [0.4, 0.5) is 34.1 Å². The average molecular weight is 1150 g/mol. The summed E-state index contributed by atoms with van der Waals surface area (Å²) in [6.45, 7) is 0. The van der Waals surface area contributed by atoms with Gasteiger partial charge in [-0.1, -0.05) is 255 Å². The molecule has 18 rings (SSSR count). The third kappa shape index (κ3) is 8.38. The maximum Gasteiger partial charge on any atom is 0.143 e. The highest BCUT2D eigenvalue weighted by Gasteiger charge is 2.25. The van der Waals surface area contributed by atoms with Gasteiger partial charge in [-0.05, 0) is 149 Å². The molecule has 0 aliphatic carbocycles. The van der Waals surface area contributed by atoms with E-state index in [0.717, 1.165) is 144 Å². The summed E-state index contributed by atoms with van der Waals surface area (Å²) in [5.41, 5.74) is 18.8. The van der Waals surface area contributed by atoms with Crippen LogP contribution in [0.3, 0.4) is 0 Å². The smallest absolute Gasteiger partial charge is 0.143 e. The van der Waals surface area contributed by atoms with Crippen molar-refractivity contribution in [3.05, 3.63) is 328 Å². The maximum atomic E-state index is 6.69. The maximum absolute atomic E-state index is 6.69. The van der Waals surface area contributed by atoms with E-state index in [1.165, 1.54) is 32.7 Å². The minimum Gasteiger partial charge on any atom is -0.455 e. The lowest BCUT2D eigenvalue weighted by Crippen LogP contribution is -2.12. The van der Waals surface area contributed by atoms with Gasteiger partial charge in [0.15, 0.2) is 0 Å². The summed E-state index contributed by atoms with van der Waals surface area (Å²) < 4.78 is 13.4. The Balaban J connectivity index is 0.850. The Kier molecular flexibility index (Phi) is 11.9. The molecule has 90 heavy (non-hydrogen) atoms. The van der Waals surface area contributed by atoms with Crippen molar-refractivity contribution >= 4 is 132 Å². The Hall–Kier alpha value is -12.0. The molecule has 4 heteroatoms. The van der Waals surface area contributed by atoms with Gasteiger partial charge in [-0.2, -0.15) is 0 Å². The van der Waals surface area contributed by atoms with E-state index in [9.17, 15) is 0 Å². The molecule has 0 bridgehead atoms. The molecule has 0 radical (unpaired) electrons. The number of nitrogens with zero attached hydrogens (tertiary/aromatic N) is 2. The topological polar surface area (TPSA) is 32.8 Å². The summed E-state index contributed by atoms with van der Waals surface area (Å²) in [6.07, 6.45) is 0. The molecule has 0 N–H and O–H groups in total. The van der Waals surface area contributed by atoms with Gasteiger partial charge in [0.2, 0.25) is 0 Å². The van der Waals surface area contributed by atoms with Gasteiger partial charge in [-0.25, -0.2) is 0 Å². The predicted molar refractivity (Wildman–Crippen MR) is 380 cm³/mol. The highest BCUT2D eigenvalue weighted by atomic mass is 16.3. The van der Waals surface area contributed by atoms with Crippen molar-refractivity contribution in [3.8, 4) is 44.5 Å². The van der Waals surface area contributed by atoms with E-state index >= 15 is 0 Å². The van der Waals surface area contributed by atoms with Crippen LogP contribution in [-0.4, -0.2) is 0 Å². The quantitative estimate of drug-likeness (QED) is 0.128. The van der Waals surface area contributed by atoms with E-state index in [2.05, 4.69) is 325 Å². The lowest BCUT2D eigenvalue weighted by molar-refractivity contribution is 0.669. The number of anilines is 6.